The lowest BCUT2D eigenvalue weighted by Gasteiger charge is -2.17. The molecule has 0 amide bonds. The molecular formula is C16H24O4S2. The van der Waals surface area contributed by atoms with Gasteiger partial charge in [-0.1, -0.05) is 13.0 Å². The zero-order chi connectivity index (χ0) is 16.2. The molecule has 1 heterocycles. The molecule has 2 atom stereocenters. The summed E-state index contributed by atoms with van der Waals surface area (Å²) in [6, 6.07) is 5.36. The average molecular weight is 344 g/mol. The van der Waals surface area contributed by atoms with Gasteiger partial charge in [0, 0.05) is 5.25 Å². The van der Waals surface area contributed by atoms with Gasteiger partial charge in [0.15, 0.2) is 9.84 Å². The molecule has 6 heteroatoms. The van der Waals surface area contributed by atoms with Crippen molar-refractivity contribution in [2.24, 2.45) is 0 Å². The Morgan fingerprint density at radius 1 is 1.45 bits per heavy atom. The summed E-state index contributed by atoms with van der Waals surface area (Å²) in [6.07, 6.45) is 2.10. The summed E-state index contributed by atoms with van der Waals surface area (Å²) in [4.78, 5) is 0.321. The van der Waals surface area contributed by atoms with Crippen molar-refractivity contribution >= 4 is 21.6 Å². The van der Waals surface area contributed by atoms with E-state index < -0.39 is 15.9 Å². The molecular weight excluding hydrogens is 320 g/mol. The minimum atomic E-state index is -3.52. The highest BCUT2D eigenvalue weighted by Crippen LogP contribution is 2.43. The molecule has 0 aliphatic carbocycles. The summed E-state index contributed by atoms with van der Waals surface area (Å²) in [5, 5.41) is 9.72. The van der Waals surface area contributed by atoms with E-state index in [4.69, 9.17) is 4.74 Å². The minimum Gasteiger partial charge on any atom is -0.494 e. The SMILES string of the molecule is CCCOc1ccc(C2CCCS2)c(S(=O)(=O)CC(C)O)c1. The Morgan fingerprint density at radius 2 is 2.23 bits per heavy atom. The van der Waals surface area contributed by atoms with Crippen LogP contribution in [0.1, 0.15) is 43.9 Å². The first-order valence-corrected chi connectivity index (χ1v) is 10.4. The standard InChI is InChI=1S/C16H24O4S2/c1-3-8-20-13-6-7-14(15-5-4-9-21-15)16(10-13)22(18,19)11-12(2)17/h6-7,10,12,15,17H,3-5,8-9,11H2,1-2H3. The van der Waals surface area contributed by atoms with Crippen molar-refractivity contribution in [3.63, 3.8) is 0 Å². The molecule has 0 saturated carbocycles. The van der Waals surface area contributed by atoms with Crippen molar-refractivity contribution < 1.29 is 18.3 Å². The molecule has 124 valence electrons. The minimum absolute atomic E-state index is 0.221. The van der Waals surface area contributed by atoms with E-state index in [0.29, 0.717) is 17.3 Å². The molecule has 0 bridgehead atoms. The van der Waals surface area contributed by atoms with Crippen molar-refractivity contribution in [2.45, 2.75) is 49.4 Å². The van der Waals surface area contributed by atoms with E-state index >= 15 is 0 Å². The molecule has 1 aliphatic heterocycles. The highest BCUT2D eigenvalue weighted by molar-refractivity contribution is 7.99. The Hall–Kier alpha value is -0.720. The molecule has 1 saturated heterocycles. The van der Waals surface area contributed by atoms with Gasteiger partial charge < -0.3 is 9.84 Å². The number of hydrogen-bond acceptors (Lipinski definition) is 5. The molecule has 4 nitrogen and oxygen atoms in total. The number of hydrogen-bond donors (Lipinski definition) is 1. The third-order valence-corrected chi connectivity index (χ3v) is 6.89. The predicted octanol–water partition coefficient (Wildman–Crippen LogP) is 3.20. The van der Waals surface area contributed by atoms with Gasteiger partial charge in [-0.15, -0.1) is 0 Å². The van der Waals surface area contributed by atoms with Gasteiger partial charge in [0.05, 0.1) is 23.4 Å². The summed E-state index contributed by atoms with van der Waals surface area (Å²) < 4.78 is 30.8. The van der Waals surface area contributed by atoms with Gasteiger partial charge in [0.2, 0.25) is 0 Å². The average Bonchev–Trinajstić information content (AvgIpc) is 2.97. The van der Waals surface area contributed by atoms with Gasteiger partial charge in [0.1, 0.15) is 5.75 Å². The Bertz CT molecular complexity index is 590. The van der Waals surface area contributed by atoms with Crippen molar-refractivity contribution in [1.82, 2.24) is 0 Å². The van der Waals surface area contributed by atoms with E-state index in [1.54, 1.807) is 17.8 Å². The summed E-state index contributed by atoms with van der Waals surface area (Å²) in [5.41, 5.74) is 0.854. The zero-order valence-corrected chi connectivity index (χ0v) is 14.8. The first kappa shape index (κ1) is 17.6. The molecule has 0 spiro atoms. The fourth-order valence-electron chi connectivity index (χ4n) is 2.59. The lowest BCUT2D eigenvalue weighted by Crippen LogP contribution is -2.19. The van der Waals surface area contributed by atoms with Gasteiger partial charge >= 0.3 is 0 Å². The van der Waals surface area contributed by atoms with Crippen LogP contribution in [0.15, 0.2) is 23.1 Å². The first-order valence-electron chi connectivity index (χ1n) is 7.73. The molecule has 2 rings (SSSR count). The maximum atomic E-state index is 12.6. The second kappa shape index (κ2) is 7.70. The quantitative estimate of drug-likeness (QED) is 0.823. The smallest absolute Gasteiger partial charge is 0.181 e. The Kier molecular flexibility index (Phi) is 6.17. The van der Waals surface area contributed by atoms with Crippen LogP contribution >= 0.6 is 11.8 Å². The largest absolute Gasteiger partial charge is 0.494 e. The van der Waals surface area contributed by atoms with E-state index in [-0.39, 0.29) is 11.0 Å². The molecule has 1 N–H and O–H groups in total. The first-order chi connectivity index (χ1) is 10.4. The monoisotopic (exact) mass is 344 g/mol. The highest BCUT2D eigenvalue weighted by atomic mass is 32.2. The Labute approximate surface area is 137 Å². The maximum absolute atomic E-state index is 12.6. The molecule has 2 unspecified atom stereocenters. The van der Waals surface area contributed by atoms with Crippen LogP contribution in [0.2, 0.25) is 0 Å². The van der Waals surface area contributed by atoms with Crippen molar-refractivity contribution in [1.29, 1.82) is 0 Å². The van der Waals surface area contributed by atoms with Crippen molar-refractivity contribution in [3.05, 3.63) is 23.8 Å². The van der Waals surface area contributed by atoms with Crippen molar-refractivity contribution in [2.75, 3.05) is 18.1 Å². The molecule has 0 aromatic heterocycles. The molecule has 22 heavy (non-hydrogen) atoms. The molecule has 1 fully saturated rings. The van der Waals surface area contributed by atoms with Crippen LogP contribution in [0, 0.1) is 0 Å². The third-order valence-electron chi connectivity index (χ3n) is 3.53. The number of aliphatic hydroxyl groups is 1. The van der Waals surface area contributed by atoms with E-state index in [0.717, 1.165) is 30.6 Å². The second-order valence-corrected chi connectivity index (χ2v) is 8.99. The summed E-state index contributed by atoms with van der Waals surface area (Å²) in [7, 11) is -3.52. The molecule has 0 radical (unpaired) electrons. The number of ether oxygens (including phenoxy) is 1. The Balaban J connectivity index is 2.40. The number of rotatable bonds is 7. The summed E-state index contributed by atoms with van der Waals surface area (Å²) in [6.45, 7) is 4.07. The van der Waals surface area contributed by atoms with Crippen LogP contribution < -0.4 is 4.74 Å². The molecule has 1 aliphatic rings. The number of benzene rings is 1. The topological polar surface area (TPSA) is 63.6 Å². The summed E-state index contributed by atoms with van der Waals surface area (Å²) >= 11 is 1.80. The zero-order valence-electron chi connectivity index (χ0n) is 13.1. The number of thioether (sulfide) groups is 1. The fourth-order valence-corrected chi connectivity index (χ4v) is 5.68. The van der Waals surface area contributed by atoms with Crippen LogP contribution in [0.25, 0.3) is 0 Å². The van der Waals surface area contributed by atoms with Gasteiger partial charge in [-0.05, 0) is 49.6 Å². The fraction of sp³-hybridized carbons (Fsp3) is 0.625. The summed E-state index contributed by atoms with van der Waals surface area (Å²) in [5.74, 6) is 1.39. The Morgan fingerprint density at radius 3 is 2.82 bits per heavy atom. The van der Waals surface area contributed by atoms with Crippen LogP contribution in [0.5, 0.6) is 5.75 Å². The molecule has 1 aromatic carbocycles. The lowest BCUT2D eigenvalue weighted by atomic mass is 10.1. The van der Waals surface area contributed by atoms with Crippen LogP contribution in [0.3, 0.4) is 0 Å². The highest BCUT2D eigenvalue weighted by Gasteiger charge is 2.27. The van der Waals surface area contributed by atoms with Gasteiger partial charge in [-0.2, -0.15) is 11.8 Å². The molecule has 1 aromatic rings. The van der Waals surface area contributed by atoms with E-state index in [9.17, 15) is 13.5 Å². The van der Waals surface area contributed by atoms with Gasteiger partial charge in [0.25, 0.3) is 0 Å². The predicted molar refractivity (Wildman–Crippen MR) is 90.4 cm³/mol. The van der Waals surface area contributed by atoms with E-state index in [1.165, 1.54) is 6.92 Å². The van der Waals surface area contributed by atoms with Crippen LogP contribution in [-0.2, 0) is 9.84 Å². The van der Waals surface area contributed by atoms with E-state index in [2.05, 4.69) is 0 Å². The van der Waals surface area contributed by atoms with Crippen LogP contribution in [0.4, 0.5) is 0 Å². The third kappa shape index (κ3) is 4.40. The lowest BCUT2D eigenvalue weighted by molar-refractivity contribution is 0.218. The maximum Gasteiger partial charge on any atom is 0.181 e. The normalized spacial score (nSPS) is 20.0. The van der Waals surface area contributed by atoms with E-state index in [1.807, 2.05) is 19.1 Å². The number of sulfone groups is 1. The number of aliphatic hydroxyl groups excluding tert-OH is 1. The second-order valence-electron chi connectivity index (χ2n) is 5.68. The van der Waals surface area contributed by atoms with Crippen molar-refractivity contribution in [3.8, 4) is 5.75 Å². The van der Waals surface area contributed by atoms with Gasteiger partial charge in [-0.25, -0.2) is 8.42 Å². The van der Waals surface area contributed by atoms with Gasteiger partial charge in [-0.3, -0.25) is 0 Å². The van der Waals surface area contributed by atoms with Crippen LogP contribution in [-0.4, -0.2) is 37.7 Å².